The Kier molecular flexibility index (Phi) is 2.67. The quantitative estimate of drug-likeness (QED) is 0.656. The molecule has 1 heterocycles. The minimum atomic E-state index is 0.423. The molecule has 0 unspecified atom stereocenters. The van der Waals surface area contributed by atoms with E-state index in [4.69, 9.17) is 5.26 Å². The van der Waals surface area contributed by atoms with Crippen LogP contribution < -0.4 is 0 Å². The van der Waals surface area contributed by atoms with E-state index in [1.54, 1.807) is 6.20 Å². The molecule has 0 bridgehead atoms. The third-order valence-electron chi connectivity index (χ3n) is 2.35. The molecule has 1 rings (SSSR count). The molecule has 0 N–H and O–H groups in total. The predicted octanol–water partition coefficient (Wildman–Crippen LogP) is 2.69. The summed E-state index contributed by atoms with van der Waals surface area (Å²) in [5, 5.41) is 8.78. The molecule has 2 nitrogen and oxygen atoms in total. The lowest BCUT2D eigenvalue weighted by Crippen LogP contribution is -2.00. The average molecular weight is 174 g/mol. The van der Waals surface area contributed by atoms with Crippen molar-refractivity contribution >= 4 is 0 Å². The minimum Gasteiger partial charge on any atom is -0.259 e. The van der Waals surface area contributed by atoms with Crippen molar-refractivity contribution in [2.75, 3.05) is 0 Å². The van der Waals surface area contributed by atoms with Gasteiger partial charge in [0.25, 0.3) is 0 Å². The number of nitrogens with zero attached hydrogens (tertiary/aromatic N) is 2. The number of hydrogen-bond acceptors (Lipinski definition) is 2. The van der Waals surface area contributed by atoms with Gasteiger partial charge in [-0.1, -0.05) is 13.8 Å². The van der Waals surface area contributed by atoms with Gasteiger partial charge >= 0.3 is 0 Å². The van der Waals surface area contributed by atoms with Crippen molar-refractivity contribution < 1.29 is 0 Å². The molecule has 0 aliphatic carbocycles. The first-order chi connectivity index (χ1) is 6.07. The normalized spacial score (nSPS) is 10.2. The summed E-state index contributed by atoms with van der Waals surface area (Å²) in [6, 6.07) is 2.14. The lowest BCUT2D eigenvalue weighted by Gasteiger charge is -2.11. The monoisotopic (exact) mass is 174 g/mol. The molecule has 13 heavy (non-hydrogen) atoms. The number of nitriles is 1. The van der Waals surface area contributed by atoms with Crippen molar-refractivity contribution in [1.82, 2.24) is 4.98 Å². The molecular formula is C11H14N2. The summed E-state index contributed by atoms with van der Waals surface area (Å²) in [5.41, 5.74) is 3.98. The first-order valence-corrected chi connectivity index (χ1v) is 4.44. The summed E-state index contributed by atoms with van der Waals surface area (Å²) in [7, 11) is 0. The molecule has 0 atom stereocenters. The molecule has 0 fully saturated rings. The second kappa shape index (κ2) is 3.57. The van der Waals surface area contributed by atoms with Crippen LogP contribution in [-0.2, 0) is 0 Å². The largest absolute Gasteiger partial charge is 0.259 e. The maximum absolute atomic E-state index is 8.78. The zero-order chi connectivity index (χ0) is 10.0. The average Bonchev–Trinajstić information content (AvgIpc) is 2.09. The molecule has 0 saturated carbocycles. The smallest absolute Gasteiger partial charge is 0.101 e. The van der Waals surface area contributed by atoms with E-state index >= 15 is 0 Å². The van der Waals surface area contributed by atoms with Crippen LogP contribution >= 0.6 is 0 Å². The fourth-order valence-corrected chi connectivity index (χ4v) is 1.42. The zero-order valence-electron chi connectivity index (χ0n) is 8.55. The summed E-state index contributed by atoms with van der Waals surface area (Å²) in [4.78, 5) is 4.29. The van der Waals surface area contributed by atoms with Crippen LogP contribution in [0.1, 0.15) is 42.1 Å². The third-order valence-corrected chi connectivity index (χ3v) is 2.35. The van der Waals surface area contributed by atoms with Crippen LogP contribution in [0.3, 0.4) is 0 Å². The second-order valence-corrected chi connectivity index (χ2v) is 3.57. The number of pyridine rings is 1. The van der Waals surface area contributed by atoms with Crippen LogP contribution in [0, 0.1) is 25.2 Å². The number of aromatic nitrogens is 1. The fraction of sp³-hybridized carbons (Fsp3) is 0.455. The Morgan fingerprint density at radius 3 is 2.38 bits per heavy atom. The summed E-state index contributed by atoms with van der Waals surface area (Å²) in [6.45, 7) is 8.22. The second-order valence-electron chi connectivity index (χ2n) is 3.57. The molecule has 68 valence electrons. The third kappa shape index (κ3) is 1.70. The molecule has 0 saturated heterocycles. The Morgan fingerprint density at radius 1 is 1.31 bits per heavy atom. The summed E-state index contributed by atoms with van der Waals surface area (Å²) in [6.07, 6.45) is 1.66. The van der Waals surface area contributed by atoms with Gasteiger partial charge in [-0.15, -0.1) is 0 Å². The van der Waals surface area contributed by atoms with Gasteiger partial charge in [0, 0.05) is 11.9 Å². The van der Waals surface area contributed by atoms with Gasteiger partial charge in [0.2, 0.25) is 0 Å². The van der Waals surface area contributed by atoms with E-state index < -0.39 is 0 Å². The maximum Gasteiger partial charge on any atom is 0.101 e. The molecule has 0 spiro atoms. The van der Waals surface area contributed by atoms with E-state index in [0.29, 0.717) is 11.5 Å². The number of hydrogen-bond donors (Lipinski definition) is 0. The van der Waals surface area contributed by atoms with Gasteiger partial charge < -0.3 is 0 Å². The standard InChI is InChI=1S/C11H14N2/c1-7(2)11-9(4)8(3)10(5-12)6-13-11/h6-7H,1-4H3. The van der Waals surface area contributed by atoms with Crippen molar-refractivity contribution in [3.8, 4) is 6.07 Å². The zero-order valence-corrected chi connectivity index (χ0v) is 8.55. The van der Waals surface area contributed by atoms with Crippen molar-refractivity contribution in [2.24, 2.45) is 0 Å². The first-order valence-electron chi connectivity index (χ1n) is 4.44. The van der Waals surface area contributed by atoms with Crippen molar-refractivity contribution in [1.29, 1.82) is 5.26 Å². The molecule has 2 heteroatoms. The molecule has 0 aliphatic heterocycles. The first kappa shape index (κ1) is 9.73. The molecule has 0 aliphatic rings. The highest BCUT2D eigenvalue weighted by Gasteiger charge is 2.09. The molecule has 0 amide bonds. The molecule has 0 radical (unpaired) electrons. The Labute approximate surface area is 79.2 Å². The summed E-state index contributed by atoms with van der Waals surface area (Å²) < 4.78 is 0. The van der Waals surface area contributed by atoms with Gasteiger partial charge in [0.15, 0.2) is 0 Å². The van der Waals surface area contributed by atoms with Gasteiger partial charge in [-0.2, -0.15) is 5.26 Å². The van der Waals surface area contributed by atoms with Crippen LogP contribution in [-0.4, -0.2) is 4.98 Å². The van der Waals surface area contributed by atoms with E-state index in [1.165, 1.54) is 0 Å². The lowest BCUT2D eigenvalue weighted by atomic mass is 9.98. The molecule has 1 aromatic rings. The van der Waals surface area contributed by atoms with E-state index in [2.05, 4.69) is 24.9 Å². The summed E-state index contributed by atoms with van der Waals surface area (Å²) in [5.74, 6) is 0.423. The Morgan fingerprint density at radius 2 is 1.92 bits per heavy atom. The van der Waals surface area contributed by atoms with Crippen LogP contribution in [0.25, 0.3) is 0 Å². The van der Waals surface area contributed by atoms with Gasteiger partial charge in [-0.25, -0.2) is 0 Å². The highest BCUT2D eigenvalue weighted by molar-refractivity contribution is 5.42. The van der Waals surface area contributed by atoms with Gasteiger partial charge in [-0.05, 0) is 30.9 Å². The lowest BCUT2D eigenvalue weighted by molar-refractivity contribution is 0.807. The van der Waals surface area contributed by atoms with Gasteiger partial charge in [-0.3, -0.25) is 4.98 Å². The van der Waals surface area contributed by atoms with E-state index in [-0.39, 0.29) is 0 Å². The minimum absolute atomic E-state index is 0.423. The number of rotatable bonds is 1. The topological polar surface area (TPSA) is 36.7 Å². The molecular weight excluding hydrogens is 160 g/mol. The Bertz CT molecular complexity index is 359. The SMILES string of the molecule is Cc1c(C#N)cnc(C(C)C)c1C. The van der Waals surface area contributed by atoms with Gasteiger partial charge in [0.1, 0.15) is 6.07 Å². The van der Waals surface area contributed by atoms with Crippen LogP contribution in [0.2, 0.25) is 0 Å². The Hall–Kier alpha value is -1.36. The predicted molar refractivity (Wildman–Crippen MR) is 52.5 cm³/mol. The molecule has 0 aromatic carbocycles. The highest BCUT2D eigenvalue weighted by atomic mass is 14.7. The van der Waals surface area contributed by atoms with E-state index in [9.17, 15) is 0 Å². The van der Waals surface area contributed by atoms with E-state index in [1.807, 2.05) is 13.8 Å². The maximum atomic E-state index is 8.78. The van der Waals surface area contributed by atoms with Crippen LogP contribution in [0.5, 0.6) is 0 Å². The van der Waals surface area contributed by atoms with Gasteiger partial charge in [0.05, 0.1) is 5.56 Å². The molecule has 1 aromatic heterocycles. The summed E-state index contributed by atoms with van der Waals surface area (Å²) >= 11 is 0. The van der Waals surface area contributed by atoms with Crippen molar-refractivity contribution in [3.05, 3.63) is 28.6 Å². The van der Waals surface area contributed by atoms with E-state index in [0.717, 1.165) is 16.8 Å². The highest BCUT2D eigenvalue weighted by Crippen LogP contribution is 2.20. The fourth-order valence-electron chi connectivity index (χ4n) is 1.42. The Balaban J connectivity index is 3.33. The van der Waals surface area contributed by atoms with Crippen molar-refractivity contribution in [2.45, 2.75) is 33.6 Å². The van der Waals surface area contributed by atoms with Crippen LogP contribution in [0.4, 0.5) is 0 Å². The van der Waals surface area contributed by atoms with Crippen LogP contribution in [0.15, 0.2) is 6.20 Å². The van der Waals surface area contributed by atoms with Crippen molar-refractivity contribution in [3.63, 3.8) is 0 Å².